The van der Waals surface area contributed by atoms with Crippen LogP contribution in [0.25, 0.3) is 0 Å². The van der Waals surface area contributed by atoms with Crippen molar-refractivity contribution < 1.29 is 19.0 Å². The van der Waals surface area contributed by atoms with E-state index in [1.807, 2.05) is 0 Å². The highest BCUT2D eigenvalue weighted by molar-refractivity contribution is 6.06. The quantitative estimate of drug-likeness (QED) is 0.731. The number of aromatic nitrogens is 2. The predicted octanol–water partition coefficient (Wildman–Crippen LogP) is 3.54. The Labute approximate surface area is 150 Å². The summed E-state index contributed by atoms with van der Waals surface area (Å²) in [6.45, 7) is 0. The number of rotatable bonds is 6. The van der Waals surface area contributed by atoms with Gasteiger partial charge in [-0.05, 0) is 24.3 Å². The molecule has 7 heteroatoms. The van der Waals surface area contributed by atoms with E-state index < -0.39 is 0 Å². The lowest BCUT2D eigenvalue weighted by Crippen LogP contribution is -2.13. The van der Waals surface area contributed by atoms with Crippen molar-refractivity contribution in [2.45, 2.75) is 0 Å². The van der Waals surface area contributed by atoms with Crippen molar-refractivity contribution in [1.82, 2.24) is 9.97 Å². The molecule has 0 saturated heterocycles. The van der Waals surface area contributed by atoms with Gasteiger partial charge in [-0.15, -0.1) is 0 Å². The molecular weight excluding hydrogens is 334 g/mol. The maximum atomic E-state index is 12.6. The second kappa shape index (κ2) is 7.98. The van der Waals surface area contributed by atoms with E-state index >= 15 is 0 Å². The van der Waals surface area contributed by atoms with E-state index in [9.17, 15) is 4.79 Å². The molecule has 1 N–H and O–H groups in total. The van der Waals surface area contributed by atoms with Crippen molar-refractivity contribution in [3.8, 4) is 23.1 Å². The minimum absolute atomic E-state index is 0.304. The number of amides is 1. The molecule has 0 unspecified atom stereocenters. The van der Waals surface area contributed by atoms with Crippen molar-refractivity contribution in [2.75, 3.05) is 19.5 Å². The average molecular weight is 351 g/mol. The number of nitrogens with one attached hydrogen (secondary N) is 1. The molecule has 2 aromatic carbocycles. The van der Waals surface area contributed by atoms with Crippen molar-refractivity contribution in [3.63, 3.8) is 0 Å². The number of hydrogen-bond acceptors (Lipinski definition) is 6. The molecule has 1 amide bonds. The highest BCUT2D eigenvalue weighted by Gasteiger charge is 2.14. The Hall–Kier alpha value is -3.61. The standard InChI is InChI=1S/C19H17N3O4/c1-24-14-6-7-16(17(11-14)25-2)19(23)22-13-4-3-5-15(10-13)26-18-12-20-8-9-21-18/h3-12H,1-2H3,(H,22,23). The number of nitrogens with zero attached hydrogens (tertiary/aromatic N) is 2. The number of ether oxygens (including phenoxy) is 3. The normalized spacial score (nSPS) is 10.1. The third kappa shape index (κ3) is 4.07. The van der Waals surface area contributed by atoms with Crippen LogP contribution in [0.15, 0.2) is 61.1 Å². The minimum Gasteiger partial charge on any atom is -0.497 e. The average Bonchev–Trinajstić information content (AvgIpc) is 2.68. The third-order valence-corrected chi connectivity index (χ3v) is 3.51. The van der Waals surface area contributed by atoms with Crippen LogP contribution in [0, 0.1) is 0 Å². The van der Waals surface area contributed by atoms with Crippen LogP contribution in [-0.4, -0.2) is 30.1 Å². The first-order valence-corrected chi connectivity index (χ1v) is 7.77. The van der Waals surface area contributed by atoms with Gasteiger partial charge in [0, 0.05) is 30.2 Å². The van der Waals surface area contributed by atoms with E-state index in [0.717, 1.165) is 0 Å². The van der Waals surface area contributed by atoms with Crippen LogP contribution >= 0.6 is 0 Å². The molecule has 0 aliphatic carbocycles. The van der Waals surface area contributed by atoms with Gasteiger partial charge in [0.05, 0.1) is 26.0 Å². The Morgan fingerprint density at radius 2 is 1.88 bits per heavy atom. The molecule has 1 heterocycles. The molecule has 7 nitrogen and oxygen atoms in total. The lowest BCUT2D eigenvalue weighted by molar-refractivity contribution is 0.102. The molecule has 0 spiro atoms. The summed E-state index contributed by atoms with van der Waals surface area (Å²) in [6, 6.07) is 12.0. The zero-order chi connectivity index (χ0) is 18.4. The molecule has 0 saturated carbocycles. The molecule has 0 bridgehead atoms. The smallest absolute Gasteiger partial charge is 0.259 e. The van der Waals surface area contributed by atoms with Crippen molar-refractivity contribution in [2.24, 2.45) is 0 Å². The first-order valence-electron chi connectivity index (χ1n) is 7.77. The second-order valence-corrected chi connectivity index (χ2v) is 5.19. The summed E-state index contributed by atoms with van der Waals surface area (Å²) in [6.07, 6.45) is 4.61. The van der Waals surface area contributed by atoms with Crippen LogP contribution in [0.3, 0.4) is 0 Å². The summed E-state index contributed by atoms with van der Waals surface area (Å²) < 4.78 is 16.0. The van der Waals surface area contributed by atoms with Crippen LogP contribution < -0.4 is 19.5 Å². The fourth-order valence-electron chi connectivity index (χ4n) is 2.28. The summed E-state index contributed by atoms with van der Waals surface area (Å²) in [7, 11) is 3.05. The molecule has 0 aliphatic rings. The summed E-state index contributed by atoms with van der Waals surface area (Å²) in [5.74, 6) is 1.63. The Morgan fingerprint density at radius 3 is 2.62 bits per heavy atom. The minimum atomic E-state index is -0.304. The van der Waals surface area contributed by atoms with E-state index in [1.165, 1.54) is 19.5 Å². The van der Waals surface area contributed by atoms with E-state index in [2.05, 4.69) is 15.3 Å². The first-order chi connectivity index (χ1) is 12.7. The van der Waals surface area contributed by atoms with Gasteiger partial charge in [-0.1, -0.05) is 6.07 Å². The summed E-state index contributed by atoms with van der Waals surface area (Å²) in [4.78, 5) is 20.6. The van der Waals surface area contributed by atoms with Gasteiger partial charge in [-0.2, -0.15) is 0 Å². The molecular formula is C19H17N3O4. The third-order valence-electron chi connectivity index (χ3n) is 3.51. The Morgan fingerprint density at radius 1 is 1.00 bits per heavy atom. The van der Waals surface area contributed by atoms with Crippen LogP contribution in [0.1, 0.15) is 10.4 Å². The molecule has 0 atom stereocenters. The van der Waals surface area contributed by atoms with Crippen molar-refractivity contribution >= 4 is 11.6 Å². The van der Waals surface area contributed by atoms with Crippen molar-refractivity contribution in [1.29, 1.82) is 0 Å². The molecule has 3 rings (SSSR count). The Balaban J connectivity index is 1.77. The monoisotopic (exact) mass is 351 g/mol. The molecule has 0 radical (unpaired) electrons. The van der Waals surface area contributed by atoms with Gasteiger partial charge in [0.1, 0.15) is 17.2 Å². The van der Waals surface area contributed by atoms with Crippen LogP contribution in [0.4, 0.5) is 5.69 Å². The maximum absolute atomic E-state index is 12.6. The molecule has 26 heavy (non-hydrogen) atoms. The van der Waals surface area contributed by atoms with Gasteiger partial charge in [-0.25, -0.2) is 4.98 Å². The second-order valence-electron chi connectivity index (χ2n) is 5.19. The summed E-state index contributed by atoms with van der Waals surface area (Å²) in [5.41, 5.74) is 0.975. The topological polar surface area (TPSA) is 82.6 Å². The Kier molecular flexibility index (Phi) is 5.28. The number of carbonyl (C=O) groups excluding carboxylic acids is 1. The van der Waals surface area contributed by atoms with E-state index in [0.29, 0.717) is 34.4 Å². The van der Waals surface area contributed by atoms with Gasteiger partial charge >= 0.3 is 0 Å². The molecule has 132 valence electrons. The van der Waals surface area contributed by atoms with Crippen LogP contribution in [-0.2, 0) is 0 Å². The molecule has 1 aromatic heterocycles. The lowest BCUT2D eigenvalue weighted by atomic mass is 10.1. The van der Waals surface area contributed by atoms with Gasteiger partial charge in [0.15, 0.2) is 0 Å². The summed E-state index contributed by atoms with van der Waals surface area (Å²) >= 11 is 0. The van der Waals surface area contributed by atoms with E-state index in [4.69, 9.17) is 14.2 Å². The van der Waals surface area contributed by atoms with Crippen LogP contribution in [0.2, 0.25) is 0 Å². The number of carbonyl (C=O) groups is 1. The molecule has 0 aliphatic heterocycles. The number of methoxy groups -OCH3 is 2. The summed E-state index contributed by atoms with van der Waals surface area (Å²) in [5, 5.41) is 2.82. The molecule has 0 fully saturated rings. The number of hydrogen-bond donors (Lipinski definition) is 1. The highest BCUT2D eigenvalue weighted by Crippen LogP contribution is 2.27. The molecule has 3 aromatic rings. The van der Waals surface area contributed by atoms with Crippen molar-refractivity contribution in [3.05, 3.63) is 66.6 Å². The largest absolute Gasteiger partial charge is 0.497 e. The van der Waals surface area contributed by atoms with Gasteiger partial charge in [-0.3, -0.25) is 9.78 Å². The first kappa shape index (κ1) is 17.2. The van der Waals surface area contributed by atoms with Crippen LogP contribution in [0.5, 0.6) is 23.1 Å². The predicted molar refractivity (Wildman–Crippen MR) is 96.0 cm³/mol. The fourth-order valence-corrected chi connectivity index (χ4v) is 2.28. The zero-order valence-electron chi connectivity index (χ0n) is 14.3. The number of benzene rings is 2. The van der Waals surface area contributed by atoms with E-state index in [-0.39, 0.29) is 5.91 Å². The van der Waals surface area contributed by atoms with E-state index in [1.54, 1.807) is 55.8 Å². The van der Waals surface area contributed by atoms with Gasteiger partial charge in [0.25, 0.3) is 5.91 Å². The maximum Gasteiger partial charge on any atom is 0.259 e. The fraction of sp³-hybridized carbons (Fsp3) is 0.105. The highest BCUT2D eigenvalue weighted by atomic mass is 16.5. The zero-order valence-corrected chi connectivity index (χ0v) is 14.3. The lowest BCUT2D eigenvalue weighted by Gasteiger charge is -2.11. The SMILES string of the molecule is COc1ccc(C(=O)Nc2cccc(Oc3cnccn3)c2)c(OC)c1. The number of anilines is 1. The Bertz CT molecular complexity index is 900. The van der Waals surface area contributed by atoms with Gasteiger partial charge in [0.2, 0.25) is 5.88 Å². The van der Waals surface area contributed by atoms with Gasteiger partial charge < -0.3 is 19.5 Å².